The van der Waals surface area contributed by atoms with Gasteiger partial charge in [0.1, 0.15) is 5.75 Å². The first kappa shape index (κ1) is 15.3. The molecule has 0 aliphatic heterocycles. The molecule has 0 bridgehead atoms. The van der Waals surface area contributed by atoms with E-state index in [0.29, 0.717) is 5.92 Å². The lowest BCUT2D eigenvalue weighted by atomic mass is 10.0. The molecule has 1 aromatic rings. The second-order valence-electron chi connectivity index (χ2n) is 4.85. The molecule has 0 aliphatic rings. The Morgan fingerprint density at radius 1 is 1.33 bits per heavy atom. The lowest BCUT2D eigenvalue weighted by molar-refractivity contribution is 0.304. The van der Waals surface area contributed by atoms with Crippen LogP contribution in [-0.4, -0.2) is 19.7 Å². The highest BCUT2D eigenvalue weighted by Gasteiger charge is 2.10. The van der Waals surface area contributed by atoms with Crippen LogP contribution in [0.2, 0.25) is 5.02 Å². The second kappa shape index (κ2) is 7.65. The predicted octanol–water partition coefficient (Wildman–Crippen LogP) is 4.15. The van der Waals surface area contributed by atoms with Crippen LogP contribution in [-0.2, 0) is 0 Å². The summed E-state index contributed by atoms with van der Waals surface area (Å²) in [5, 5.41) is 4.11. The minimum absolute atomic E-state index is 0.423. The summed E-state index contributed by atoms with van der Waals surface area (Å²) < 4.78 is 5.88. The average Bonchev–Trinajstić information content (AvgIpc) is 2.32. The van der Waals surface area contributed by atoms with Crippen LogP contribution in [0, 0.1) is 6.92 Å². The van der Waals surface area contributed by atoms with Crippen molar-refractivity contribution in [3.05, 3.63) is 28.3 Å². The van der Waals surface area contributed by atoms with Crippen LogP contribution >= 0.6 is 11.6 Å². The van der Waals surface area contributed by atoms with E-state index in [9.17, 15) is 0 Å². The highest BCUT2D eigenvalue weighted by atomic mass is 35.5. The molecular weight excluding hydrogens is 246 g/mol. The van der Waals surface area contributed by atoms with Gasteiger partial charge < -0.3 is 10.1 Å². The molecule has 3 heteroatoms. The maximum Gasteiger partial charge on any atom is 0.123 e. The summed E-state index contributed by atoms with van der Waals surface area (Å²) in [5.41, 5.74) is 2.26. The van der Waals surface area contributed by atoms with Gasteiger partial charge in [-0.25, -0.2) is 0 Å². The highest BCUT2D eigenvalue weighted by molar-refractivity contribution is 6.31. The topological polar surface area (TPSA) is 21.3 Å². The van der Waals surface area contributed by atoms with Gasteiger partial charge in [0.15, 0.2) is 0 Å². The molecule has 0 unspecified atom stereocenters. The number of hydrogen-bond acceptors (Lipinski definition) is 2. The van der Waals surface area contributed by atoms with Crippen molar-refractivity contribution in [2.45, 2.75) is 40.0 Å². The van der Waals surface area contributed by atoms with Crippen molar-refractivity contribution in [3.63, 3.8) is 0 Å². The molecule has 0 amide bonds. The lowest BCUT2D eigenvalue weighted by Crippen LogP contribution is -2.16. The molecule has 2 nitrogen and oxygen atoms in total. The van der Waals surface area contributed by atoms with Gasteiger partial charge in [0, 0.05) is 5.02 Å². The molecule has 0 heterocycles. The molecule has 102 valence electrons. The molecule has 18 heavy (non-hydrogen) atoms. The fourth-order valence-electron chi connectivity index (χ4n) is 1.80. The minimum Gasteiger partial charge on any atom is -0.493 e. The van der Waals surface area contributed by atoms with Crippen molar-refractivity contribution in [1.29, 1.82) is 0 Å². The average molecular weight is 270 g/mol. The molecule has 0 radical (unpaired) electrons. The van der Waals surface area contributed by atoms with Crippen LogP contribution in [0.3, 0.4) is 0 Å². The third kappa shape index (κ3) is 4.51. The fourth-order valence-corrected chi connectivity index (χ4v) is 1.97. The summed E-state index contributed by atoms with van der Waals surface area (Å²) in [5.74, 6) is 1.40. The van der Waals surface area contributed by atoms with Crippen LogP contribution in [0.5, 0.6) is 5.75 Å². The van der Waals surface area contributed by atoms with Crippen molar-refractivity contribution in [1.82, 2.24) is 5.32 Å². The van der Waals surface area contributed by atoms with E-state index in [-0.39, 0.29) is 0 Å². The first-order valence-corrected chi connectivity index (χ1v) is 7.07. The smallest absolute Gasteiger partial charge is 0.123 e. The molecule has 1 rings (SSSR count). The normalized spacial score (nSPS) is 11.0. The Kier molecular flexibility index (Phi) is 6.51. The Hall–Kier alpha value is -0.730. The Balaban J connectivity index is 2.65. The quantitative estimate of drug-likeness (QED) is 0.751. The van der Waals surface area contributed by atoms with E-state index in [1.807, 2.05) is 19.1 Å². The zero-order valence-electron chi connectivity index (χ0n) is 11.8. The van der Waals surface area contributed by atoms with E-state index in [1.165, 1.54) is 5.56 Å². The van der Waals surface area contributed by atoms with Crippen LogP contribution in [0.4, 0.5) is 0 Å². The molecule has 0 spiro atoms. The predicted molar refractivity (Wildman–Crippen MR) is 78.9 cm³/mol. The summed E-state index contributed by atoms with van der Waals surface area (Å²) in [6.45, 7) is 11.2. The molecule has 1 aromatic carbocycles. The van der Waals surface area contributed by atoms with Gasteiger partial charge >= 0.3 is 0 Å². The fraction of sp³-hybridized carbons (Fsp3) is 0.600. The van der Waals surface area contributed by atoms with Gasteiger partial charge in [0.25, 0.3) is 0 Å². The van der Waals surface area contributed by atoms with Gasteiger partial charge in [-0.05, 0) is 55.6 Å². The standard InChI is InChI=1S/C15H24ClNO/c1-5-17-7-6-8-18-15-9-12(4)14(16)10-13(15)11(2)3/h9-11,17H,5-8H2,1-4H3. The number of benzene rings is 1. The van der Waals surface area contributed by atoms with Gasteiger partial charge in [0.05, 0.1) is 6.61 Å². The van der Waals surface area contributed by atoms with Gasteiger partial charge in [0.2, 0.25) is 0 Å². The van der Waals surface area contributed by atoms with E-state index in [2.05, 4.69) is 26.1 Å². The summed E-state index contributed by atoms with van der Waals surface area (Å²) >= 11 is 6.17. The van der Waals surface area contributed by atoms with E-state index in [1.54, 1.807) is 0 Å². The third-order valence-electron chi connectivity index (χ3n) is 2.92. The molecule has 0 saturated heterocycles. The van der Waals surface area contributed by atoms with Gasteiger partial charge in [-0.2, -0.15) is 0 Å². The number of halogens is 1. The summed E-state index contributed by atoms with van der Waals surface area (Å²) in [6.07, 6.45) is 1.02. The Labute approximate surface area is 116 Å². The number of hydrogen-bond donors (Lipinski definition) is 1. The van der Waals surface area contributed by atoms with Gasteiger partial charge in [-0.15, -0.1) is 0 Å². The Morgan fingerprint density at radius 3 is 2.67 bits per heavy atom. The Morgan fingerprint density at radius 2 is 2.06 bits per heavy atom. The highest BCUT2D eigenvalue weighted by Crippen LogP contribution is 2.31. The van der Waals surface area contributed by atoms with E-state index in [4.69, 9.17) is 16.3 Å². The second-order valence-corrected chi connectivity index (χ2v) is 5.26. The first-order valence-electron chi connectivity index (χ1n) is 6.69. The monoisotopic (exact) mass is 269 g/mol. The molecule has 0 fully saturated rings. The van der Waals surface area contributed by atoms with Crippen LogP contribution in [0.1, 0.15) is 44.2 Å². The summed E-state index contributed by atoms with van der Waals surface area (Å²) in [4.78, 5) is 0. The number of aryl methyl sites for hydroxylation is 1. The molecule has 0 saturated carbocycles. The largest absolute Gasteiger partial charge is 0.493 e. The van der Waals surface area contributed by atoms with Crippen LogP contribution in [0.25, 0.3) is 0 Å². The van der Waals surface area contributed by atoms with Gasteiger partial charge in [-0.1, -0.05) is 32.4 Å². The first-order chi connectivity index (χ1) is 8.56. The van der Waals surface area contributed by atoms with Crippen molar-refractivity contribution in [2.75, 3.05) is 19.7 Å². The summed E-state index contributed by atoms with van der Waals surface area (Å²) in [7, 11) is 0. The lowest BCUT2D eigenvalue weighted by Gasteiger charge is -2.16. The molecule has 0 aliphatic carbocycles. The maximum absolute atomic E-state index is 6.17. The van der Waals surface area contributed by atoms with E-state index in [0.717, 1.165) is 42.5 Å². The van der Waals surface area contributed by atoms with E-state index < -0.39 is 0 Å². The number of nitrogens with one attached hydrogen (secondary N) is 1. The summed E-state index contributed by atoms with van der Waals surface area (Å²) in [6, 6.07) is 4.08. The zero-order valence-corrected chi connectivity index (χ0v) is 12.6. The van der Waals surface area contributed by atoms with E-state index >= 15 is 0 Å². The Bertz CT molecular complexity index is 377. The molecule has 0 aromatic heterocycles. The molecular formula is C15H24ClNO. The minimum atomic E-state index is 0.423. The SMILES string of the molecule is CCNCCCOc1cc(C)c(Cl)cc1C(C)C. The van der Waals surface area contributed by atoms with Crippen molar-refractivity contribution in [3.8, 4) is 5.75 Å². The van der Waals surface area contributed by atoms with Gasteiger partial charge in [-0.3, -0.25) is 0 Å². The molecule has 1 N–H and O–H groups in total. The van der Waals surface area contributed by atoms with Crippen molar-refractivity contribution < 1.29 is 4.74 Å². The van der Waals surface area contributed by atoms with Crippen molar-refractivity contribution in [2.24, 2.45) is 0 Å². The number of rotatable bonds is 7. The van der Waals surface area contributed by atoms with Crippen LogP contribution < -0.4 is 10.1 Å². The number of ether oxygens (including phenoxy) is 1. The molecule has 0 atom stereocenters. The third-order valence-corrected chi connectivity index (χ3v) is 3.33. The maximum atomic E-state index is 6.17. The van der Waals surface area contributed by atoms with Crippen LogP contribution in [0.15, 0.2) is 12.1 Å². The van der Waals surface area contributed by atoms with Crippen molar-refractivity contribution >= 4 is 11.6 Å². The zero-order chi connectivity index (χ0) is 13.5.